The zero-order chi connectivity index (χ0) is 22.9. The van der Waals surface area contributed by atoms with E-state index in [2.05, 4.69) is 10.6 Å². The Morgan fingerprint density at radius 2 is 1.53 bits per heavy atom. The van der Waals surface area contributed by atoms with Crippen molar-refractivity contribution in [3.8, 4) is 11.5 Å². The largest absolute Gasteiger partial charge is 0.483 e. The molecular formula is C25H24N2O5. The summed E-state index contributed by atoms with van der Waals surface area (Å²) in [4.78, 5) is 35.7. The number of ether oxygens (including phenoxy) is 2. The Morgan fingerprint density at radius 1 is 0.844 bits per heavy atom. The molecule has 0 heterocycles. The number of carbonyl (C=O) groups excluding carboxylic acids is 3. The topological polar surface area (TPSA) is 93.7 Å². The summed E-state index contributed by atoms with van der Waals surface area (Å²) in [5.41, 5.74) is 2.53. The van der Waals surface area contributed by atoms with Crippen LogP contribution in [0.4, 0.5) is 11.4 Å². The first-order chi connectivity index (χ1) is 15.4. The van der Waals surface area contributed by atoms with Gasteiger partial charge in [0.25, 0.3) is 11.8 Å². The van der Waals surface area contributed by atoms with E-state index < -0.39 is 5.97 Å². The van der Waals surface area contributed by atoms with Crippen molar-refractivity contribution < 1.29 is 23.9 Å². The lowest BCUT2D eigenvalue weighted by Crippen LogP contribution is -2.20. The first-order valence-electron chi connectivity index (χ1n) is 10.1. The van der Waals surface area contributed by atoms with Gasteiger partial charge in [0, 0.05) is 23.9 Å². The lowest BCUT2D eigenvalue weighted by molar-refractivity contribution is -0.131. The van der Waals surface area contributed by atoms with Crippen LogP contribution < -0.4 is 20.1 Å². The molecule has 32 heavy (non-hydrogen) atoms. The maximum absolute atomic E-state index is 12.4. The third-order valence-electron chi connectivity index (χ3n) is 4.50. The summed E-state index contributed by atoms with van der Waals surface area (Å²) < 4.78 is 10.6. The van der Waals surface area contributed by atoms with Crippen molar-refractivity contribution in [2.24, 2.45) is 0 Å². The number of amides is 2. The van der Waals surface area contributed by atoms with Crippen LogP contribution in [0, 0.1) is 0 Å². The Balaban J connectivity index is 1.54. The van der Waals surface area contributed by atoms with Gasteiger partial charge in [-0.05, 0) is 60.5 Å². The number of hydrogen-bond acceptors (Lipinski definition) is 5. The zero-order valence-corrected chi connectivity index (χ0v) is 17.9. The molecule has 0 aliphatic heterocycles. The van der Waals surface area contributed by atoms with E-state index in [4.69, 9.17) is 9.47 Å². The average molecular weight is 432 g/mol. The molecule has 3 aromatic carbocycles. The number of esters is 1. The molecule has 7 heteroatoms. The molecule has 0 saturated carbocycles. The Hall–Kier alpha value is -4.13. The highest BCUT2D eigenvalue weighted by molar-refractivity contribution is 6.04. The van der Waals surface area contributed by atoms with E-state index in [0.29, 0.717) is 28.4 Å². The van der Waals surface area contributed by atoms with Gasteiger partial charge in [-0.25, -0.2) is 0 Å². The van der Waals surface area contributed by atoms with E-state index in [1.165, 1.54) is 13.0 Å². The van der Waals surface area contributed by atoms with Crippen molar-refractivity contribution in [2.75, 3.05) is 17.2 Å². The van der Waals surface area contributed by atoms with Crippen LogP contribution in [-0.4, -0.2) is 24.4 Å². The number of rotatable bonds is 8. The van der Waals surface area contributed by atoms with Crippen molar-refractivity contribution in [3.63, 3.8) is 0 Å². The van der Waals surface area contributed by atoms with Crippen LogP contribution in [0.3, 0.4) is 0 Å². The number of hydrogen-bond donors (Lipinski definition) is 2. The molecule has 2 N–H and O–H groups in total. The van der Waals surface area contributed by atoms with E-state index in [1.54, 1.807) is 42.5 Å². The van der Waals surface area contributed by atoms with Gasteiger partial charge in [0.1, 0.15) is 11.5 Å². The van der Waals surface area contributed by atoms with E-state index in [-0.39, 0.29) is 18.4 Å². The molecule has 0 unspecified atom stereocenters. The molecule has 3 rings (SSSR count). The lowest BCUT2D eigenvalue weighted by Gasteiger charge is -2.11. The molecule has 0 saturated heterocycles. The van der Waals surface area contributed by atoms with E-state index in [0.717, 1.165) is 12.0 Å². The summed E-state index contributed by atoms with van der Waals surface area (Å²) in [6.07, 6.45) is 0.818. The third-order valence-corrected chi connectivity index (χ3v) is 4.50. The Kier molecular flexibility index (Phi) is 7.59. The fourth-order valence-corrected chi connectivity index (χ4v) is 2.98. The molecule has 0 spiro atoms. The minimum atomic E-state index is -0.458. The molecule has 0 bridgehead atoms. The van der Waals surface area contributed by atoms with Gasteiger partial charge in [-0.2, -0.15) is 0 Å². The van der Waals surface area contributed by atoms with Gasteiger partial charge in [-0.15, -0.1) is 0 Å². The predicted molar refractivity (Wildman–Crippen MR) is 122 cm³/mol. The normalized spacial score (nSPS) is 10.2. The summed E-state index contributed by atoms with van der Waals surface area (Å²) in [6, 6.07) is 20.7. The Morgan fingerprint density at radius 3 is 2.22 bits per heavy atom. The highest BCUT2D eigenvalue weighted by Gasteiger charge is 2.10. The molecule has 164 valence electrons. The Bertz CT molecular complexity index is 1110. The number of aryl methyl sites for hydroxylation is 1. The average Bonchev–Trinajstić information content (AvgIpc) is 2.79. The summed E-state index contributed by atoms with van der Waals surface area (Å²) in [5.74, 6) is -0.0955. The lowest BCUT2D eigenvalue weighted by atomic mass is 10.1. The van der Waals surface area contributed by atoms with Gasteiger partial charge in [0.05, 0.1) is 0 Å². The molecule has 7 nitrogen and oxygen atoms in total. The Labute approximate surface area is 186 Å². The fourth-order valence-electron chi connectivity index (χ4n) is 2.98. The van der Waals surface area contributed by atoms with Crippen LogP contribution in [0.1, 0.15) is 29.8 Å². The summed E-state index contributed by atoms with van der Waals surface area (Å²) in [7, 11) is 0. The van der Waals surface area contributed by atoms with Crippen molar-refractivity contribution in [1.82, 2.24) is 0 Å². The van der Waals surface area contributed by atoms with Gasteiger partial charge >= 0.3 is 5.97 Å². The van der Waals surface area contributed by atoms with Crippen LogP contribution in [0.5, 0.6) is 11.5 Å². The van der Waals surface area contributed by atoms with Crippen LogP contribution in [0.25, 0.3) is 0 Å². The van der Waals surface area contributed by atoms with Crippen molar-refractivity contribution in [2.45, 2.75) is 20.3 Å². The van der Waals surface area contributed by atoms with Crippen LogP contribution in [0.2, 0.25) is 0 Å². The third kappa shape index (κ3) is 6.43. The highest BCUT2D eigenvalue weighted by Crippen LogP contribution is 2.19. The summed E-state index contributed by atoms with van der Waals surface area (Å²) in [5, 5.41) is 5.52. The smallest absolute Gasteiger partial charge is 0.308 e. The quantitative estimate of drug-likeness (QED) is 0.405. The second-order valence-corrected chi connectivity index (χ2v) is 6.95. The van der Waals surface area contributed by atoms with Crippen LogP contribution >= 0.6 is 0 Å². The molecule has 3 aromatic rings. The number of nitrogens with one attached hydrogen (secondary N) is 2. The SMILES string of the molecule is CCc1ccccc1OCC(=O)Nc1ccc(NC(=O)c2cccc(OC(C)=O)c2)cc1. The van der Waals surface area contributed by atoms with Crippen molar-refractivity contribution in [3.05, 3.63) is 83.9 Å². The van der Waals surface area contributed by atoms with Gasteiger partial charge < -0.3 is 20.1 Å². The maximum atomic E-state index is 12.4. The molecular weight excluding hydrogens is 408 g/mol. The van der Waals surface area contributed by atoms with Crippen LogP contribution in [0.15, 0.2) is 72.8 Å². The minimum Gasteiger partial charge on any atom is -0.483 e. The molecule has 0 aliphatic rings. The molecule has 2 amide bonds. The van der Waals surface area contributed by atoms with Gasteiger partial charge in [-0.3, -0.25) is 14.4 Å². The van der Waals surface area contributed by atoms with Gasteiger partial charge in [-0.1, -0.05) is 31.2 Å². The van der Waals surface area contributed by atoms with Crippen molar-refractivity contribution in [1.29, 1.82) is 0 Å². The van der Waals surface area contributed by atoms with Gasteiger partial charge in [0.2, 0.25) is 0 Å². The number of anilines is 2. The first-order valence-corrected chi connectivity index (χ1v) is 10.1. The molecule has 0 radical (unpaired) electrons. The van der Waals surface area contributed by atoms with E-state index in [9.17, 15) is 14.4 Å². The molecule has 0 atom stereocenters. The number of para-hydroxylation sites is 1. The predicted octanol–water partition coefficient (Wildman–Crippen LogP) is 4.44. The number of carbonyl (C=O) groups is 3. The number of benzene rings is 3. The first kappa shape index (κ1) is 22.6. The molecule has 0 aliphatic carbocycles. The second kappa shape index (κ2) is 10.8. The summed E-state index contributed by atoms with van der Waals surface area (Å²) in [6.45, 7) is 3.22. The zero-order valence-electron chi connectivity index (χ0n) is 17.9. The monoisotopic (exact) mass is 432 g/mol. The molecule has 0 aromatic heterocycles. The second-order valence-electron chi connectivity index (χ2n) is 6.95. The fraction of sp³-hybridized carbons (Fsp3) is 0.160. The maximum Gasteiger partial charge on any atom is 0.308 e. The van der Waals surface area contributed by atoms with Crippen LogP contribution in [-0.2, 0) is 16.0 Å². The standard InChI is InChI=1S/C25H24N2O5/c1-3-18-7-4-5-10-23(18)31-16-24(29)26-20-11-13-21(14-12-20)27-25(30)19-8-6-9-22(15-19)32-17(2)28/h4-15H,3,16H2,1-2H3,(H,26,29)(H,27,30). The van der Waals surface area contributed by atoms with Gasteiger partial charge in [0.15, 0.2) is 6.61 Å². The van der Waals surface area contributed by atoms with E-state index in [1.807, 2.05) is 31.2 Å². The van der Waals surface area contributed by atoms with Crippen molar-refractivity contribution >= 4 is 29.2 Å². The molecule has 0 fully saturated rings. The van der Waals surface area contributed by atoms with E-state index >= 15 is 0 Å². The summed E-state index contributed by atoms with van der Waals surface area (Å²) >= 11 is 0. The minimum absolute atomic E-state index is 0.103. The highest BCUT2D eigenvalue weighted by atomic mass is 16.5.